The monoisotopic (exact) mass is 404 g/mol. The number of amides is 1. The second-order valence-corrected chi connectivity index (χ2v) is 7.10. The van der Waals surface area contributed by atoms with E-state index in [1.807, 2.05) is 36.4 Å². The fourth-order valence-electron chi connectivity index (χ4n) is 3.67. The van der Waals surface area contributed by atoms with Gasteiger partial charge in [0.25, 0.3) is 5.91 Å². The van der Waals surface area contributed by atoms with Crippen LogP contribution in [-0.2, 0) is 0 Å². The van der Waals surface area contributed by atoms with Crippen LogP contribution >= 0.6 is 0 Å². The minimum Gasteiger partial charge on any atom is -0.496 e. The number of methoxy groups -OCH3 is 1. The Morgan fingerprint density at radius 3 is 3.07 bits per heavy atom. The predicted molar refractivity (Wildman–Crippen MR) is 109 cm³/mol. The van der Waals surface area contributed by atoms with Crippen LogP contribution in [0.3, 0.4) is 0 Å². The molecule has 1 amide bonds. The molecule has 4 heterocycles. The summed E-state index contributed by atoms with van der Waals surface area (Å²) in [5, 5.41) is 22.5. The van der Waals surface area contributed by atoms with Crippen LogP contribution in [0.25, 0.3) is 16.9 Å². The number of ether oxygens (including phenoxy) is 1. The van der Waals surface area contributed by atoms with Gasteiger partial charge in [0, 0.05) is 24.7 Å². The number of aromatic nitrogens is 6. The maximum atomic E-state index is 12.7. The Balaban J connectivity index is 1.25. The molecule has 1 aliphatic heterocycles. The number of benzene rings is 1. The molecule has 30 heavy (non-hydrogen) atoms. The smallest absolute Gasteiger partial charge is 0.269 e. The van der Waals surface area contributed by atoms with E-state index >= 15 is 0 Å². The van der Waals surface area contributed by atoms with E-state index in [9.17, 15) is 4.79 Å². The van der Waals surface area contributed by atoms with Crippen molar-refractivity contribution in [3.63, 3.8) is 0 Å². The van der Waals surface area contributed by atoms with Gasteiger partial charge in [-0.25, -0.2) is 0 Å². The maximum absolute atomic E-state index is 12.7. The summed E-state index contributed by atoms with van der Waals surface area (Å²) in [5.74, 6) is 1.36. The van der Waals surface area contributed by atoms with Crippen molar-refractivity contribution in [1.29, 1.82) is 0 Å². The van der Waals surface area contributed by atoms with Gasteiger partial charge in [-0.2, -0.15) is 9.61 Å². The first-order valence-electron chi connectivity index (χ1n) is 9.63. The SMILES string of the molecule is COc1ccccc1-c1cc(C(=O)N[C@H]2CCN(c3ccc4nncn4n3)C2)[nH]n1. The van der Waals surface area contributed by atoms with Crippen LogP contribution in [0.4, 0.5) is 5.82 Å². The first kappa shape index (κ1) is 18.1. The Kier molecular flexibility index (Phi) is 4.51. The van der Waals surface area contributed by atoms with Gasteiger partial charge in [-0.15, -0.1) is 15.3 Å². The summed E-state index contributed by atoms with van der Waals surface area (Å²) in [6, 6.07) is 13.1. The molecule has 0 bridgehead atoms. The van der Waals surface area contributed by atoms with Gasteiger partial charge in [0.1, 0.15) is 23.6 Å². The topological polar surface area (TPSA) is 113 Å². The average molecular weight is 404 g/mol. The third-order valence-electron chi connectivity index (χ3n) is 5.20. The summed E-state index contributed by atoms with van der Waals surface area (Å²) < 4.78 is 7.02. The highest BCUT2D eigenvalue weighted by atomic mass is 16.5. The van der Waals surface area contributed by atoms with E-state index in [1.54, 1.807) is 24.0 Å². The normalized spacial score (nSPS) is 16.2. The maximum Gasteiger partial charge on any atom is 0.269 e. The molecule has 1 saturated heterocycles. The van der Waals surface area contributed by atoms with E-state index in [0.717, 1.165) is 24.3 Å². The van der Waals surface area contributed by atoms with Crippen molar-refractivity contribution in [3.05, 3.63) is 54.5 Å². The molecule has 0 spiro atoms. The summed E-state index contributed by atoms with van der Waals surface area (Å²) >= 11 is 0. The van der Waals surface area contributed by atoms with Crippen molar-refractivity contribution in [2.24, 2.45) is 0 Å². The number of para-hydroxylation sites is 1. The van der Waals surface area contributed by atoms with Crippen molar-refractivity contribution in [2.75, 3.05) is 25.1 Å². The number of anilines is 1. The molecule has 0 unspecified atom stereocenters. The molecule has 2 N–H and O–H groups in total. The lowest BCUT2D eigenvalue weighted by molar-refractivity contribution is 0.0935. The quantitative estimate of drug-likeness (QED) is 0.519. The number of hydrogen-bond acceptors (Lipinski definition) is 7. The lowest BCUT2D eigenvalue weighted by atomic mass is 10.1. The molecule has 3 aromatic heterocycles. The fourth-order valence-corrected chi connectivity index (χ4v) is 3.67. The van der Waals surface area contributed by atoms with Crippen molar-refractivity contribution >= 4 is 17.4 Å². The largest absolute Gasteiger partial charge is 0.496 e. The van der Waals surface area contributed by atoms with E-state index < -0.39 is 0 Å². The molecule has 5 rings (SSSR count). The number of carbonyl (C=O) groups is 1. The highest BCUT2D eigenvalue weighted by Gasteiger charge is 2.26. The molecule has 152 valence electrons. The predicted octanol–water partition coefficient (Wildman–Crippen LogP) is 1.53. The van der Waals surface area contributed by atoms with E-state index in [4.69, 9.17) is 4.74 Å². The van der Waals surface area contributed by atoms with Gasteiger partial charge in [0.2, 0.25) is 0 Å². The minimum absolute atomic E-state index is 0.0221. The molecule has 1 aliphatic rings. The zero-order chi connectivity index (χ0) is 20.5. The lowest BCUT2D eigenvalue weighted by Crippen LogP contribution is -2.37. The van der Waals surface area contributed by atoms with Crippen LogP contribution in [-0.4, -0.2) is 62.2 Å². The summed E-state index contributed by atoms with van der Waals surface area (Å²) in [6.45, 7) is 1.49. The van der Waals surface area contributed by atoms with Crippen molar-refractivity contribution in [1.82, 2.24) is 35.3 Å². The molecule has 1 fully saturated rings. The molecule has 10 heteroatoms. The molecule has 10 nitrogen and oxygen atoms in total. The summed E-state index contributed by atoms with van der Waals surface area (Å²) in [7, 11) is 1.61. The molecule has 1 atom stereocenters. The van der Waals surface area contributed by atoms with Gasteiger partial charge < -0.3 is 15.0 Å². The first-order chi connectivity index (χ1) is 14.7. The average Bonchev–Trinajstić information content (AvgIpc) is 3.53. The van der Waals surface area contributed by atoms with Gasteiger partial charge in [-0.05, 0) is 36.8 Å². The van der Waals surface area contributed by atoms with Gasteiger partial charge in [0.05, 0.1) is 12.8 Å². The third kappa shape index (κ3) is 3.32. The van der Waals surface area contributed by atoms with Crippen molar-refractivity contribution < 1.29 is 9.53 Å². The molecule has 0 radical (unpaired) electrons. The fraction of sp³-hybridized carbons (Fsp3) is 0.250. The summed E-state index contributed by atoms with van der Waals surface area (Å²) in [5.41, 5.74) is 2.61. The zero-order valence-electron chi connectivity index (χ0n) is 16.3. The van der Waals surface area contributed by atoms with Crippen LogP contribution in [0.5, 0.6) is 5.75 Å². The lowest BCUT2D eigenvalue weighted by Gasteiger charge is -2.17. The van der Waals surface area contributed by atoms with E-state index in [2.05, 4.69) is 35.7 Å². The second kappa shape index (κ2) is 7.47. The van der Waals surface area contributed by atoms with Crippen LogP contribution in [0.2, 0.25) is 0 Å². The Morgan fingerprint density at radius 1 is 1.27 bits per heavy atom. The number of nitrogens with zero attached hydrogens (tertiary/aromatic N) is 6. The molecule has 0 aliphatic carbocycles. The zero-order valence-corrected chi connectivity index (χ0v) is 16.3. The first-order valence-corrected chi connectivity index (χ1v) is 9.63. The number of H-pyrrole nitrogens is 1. The number of aromatic amines is 1. The summed E-state index contributed by atoms with van der Waals surface area (Å²) in [4.78, 5) is 14.9. The highest BCUT2D eigenvalue weighted by molar-refractivity contribution is 5.93. The van der Waals surface area contributed by atoms with Gasteiger partial charge >= 0.3 is 0 Å². The number of fused-ring (bicyclic) bond motifs is 1. The van der Waals surface area contributed by atoms with Crippen molar-refractivity contribution in [2.45, 2.75) is 12.5 Å². The van der Waals surface area contributed by atoms with E-state index in [0.29, 0.717) is 29.3 Å². The standard InChI is InChI=1S/C20H20N8O2/c1-30-17-5-3-2-4-14(17)15-10-16(24-23-15)20(29)22-13-8-9-27(11-13)19-7-6-18-25-21-12-28(18)26-19/h2-7,10,12-13H,8-9,11H2,1H3,(H,22,29)(H,23,24)/t13-/m0/s1. The summed E-state index contributed by atoms with van der Waals surface area (Å²) in [6.07, 6.45) is 2.41. The van der Waals surface area contributed by atoms with Crippen molar-refractivity contribution in [3.8, 4) is 17.0 Å². The number of nitrogens with one attached hydrogen (secondary N) is 2. The number of carbonyl (C=O) groups excluding carboxylic acids is 1. The van der Waals surface area contributed by atoms with Crippen LogP contribution in [0.1, 0.15) is 16.9 Å². The second-order valence-electron chi connectivity index (χ2n) is 7.10. The van der Waals surface area contributed by atoms with Gasteiger partial charge in [-0.1, -0.05) is 12.1 Å². The molecule has 0 saturated carbocycles. The highest BCUT2D eigenvalue weighted by Crippen LogP contribution is 2.28. The Morgan fingerprint density at radius 2 is 2.17 bits per heavy atom. The van der Waals surface area contributed by atoms with Crippen LogP contribution in [0, 0.1) is 0 Å². The van der Waals surface area contributed by atoms with E-state index in [1.165, 1.54) is 0 Å². The molecular formula is C20H20N8O2. The Bertz CT molecular complexity index is 1200. The van der Waals surface area contributed by atoms with Crippen LogP contribution < -0.4 is 15.0 Å². The van der Waals surface area contributed by atoms with Gasteiger partial charge in [-0.3, -0.25) is 9.89 Å². The molecular weight excluding hydrogens is 384 g/mol. The third-order valence-corrected chi connectivity index (χ3v) is 5.20. The van der Waals surface area contributed by atoms with Gasteiger partial charge in [0.15, 0.2) is 5.65 Å². The molecule has 1 aromatic carbocycles. The van der Waals surface area contributed by atoms with Crippen LogP contribution in [0.15, 0.2) is 48.8 Å². The number of hydrogen-bond donors (Lipinski definition) is 2. The Hall–Kier alpha value is -3.95. The minimum atomic E-state index is -0.183. The molecule has 4 aromatic rings. The van der Waals surface area contributed by atoms with E-state index in [-0.39, 0.29) is 11.9 Å². The number of rotatable bonds is 5. The Labute approximate surface area is 171 Å².